The quantitative estimate of drug-likeness (QED) is 0.599. The third kappa shape index (κ3) is 1.80. The average molecular weight is 222 g/mol. The molecule has 0 radical (unpaired) electrons. The number of aromatic nitrogens is 2. The van der Waals surface area contributed by atoms with Gasteiger partial charge in [0.05, 0.1) is 12.1 Å². The van der Waals surface area contributed by atoms with E-state index in [2.05, 4.69) is 10.2 Å². The van der Waals surface area contributed by atoms with Crippen molar-refractivity contribution >= 4 is 10.9 Å². The number of H-pyrrole nitrogens is 1. The Morgan fingerprint density at radius 1 is 1.38 bits per heavy atom. The number of aryl methyl sites for hydroxylation is 1. The van der Waals surface area contributed by atoms with Gasteiger partial charge in [0.2, 0.25) is 0 Å². The summed E-state index contributed by atoms with van der Waals surface area (Å²) >= 11 is 0. The van der Waals surface area contributed by atoms with E-state index in [1.807, 2.05) is 13.0 Å². The molecular weight excluding hydrogens is 208 g/mol. The van der Waals surface area contributed by atoms with E-state index in [1.54, 1.807) is 12.1 Å². The third-order valence-electron chi connectivity index (χ3n) is 2.66. The molecule has 1 aromatic heterocycles. The smallest absolute Gasteiger partial charge is 0.107 e. The van der Waals surface area contributed by atoms with Gasteiger partial charge in [-0.1, -0.05) is 12.1 Å². The van der Waals surface area contributed by atoms with Crippen molar-refractivity contribution in [1.29, 1.82) is 0 Å². The number of fused-ring (bicyclic) bond motifs is 1. The maximum Gasteiger partial charge on any atom is 0.107 e. The minimum absolute atomic E-state index is 0.473. The van der Waals surface area contributed by atoms with Crippen LogP contribution in [0.25, 0.3) is 10.9 Å². The van der Waals surface area contributed by atoms with Gasteiger partial charge in [0, 0.05) is 11.1 Å². The van der Waals surface area contributed by atoms with E-state index >= 15 is 0 Å². The highest BCUT2D eigenvalue weighted by atomic mass is 16.4. The summed E-state index contributed by atoms with van der Waals surface area (Å²) in [7, 11) is 0. The Labute approximate surface area is 92.4 Å². The number of nitrogens with zero attached hydrogens (tertiary/aromatic N) is 1. The number of aliphatic hydroxyl groups is 3. The summed E-state index contributed by atoms with van der Waals surface area (Å²) in [5.74, 6) is 0. The minimum Gasteiger partial charge on any atom is -0.394 e. The molecule has 0 aliphatic rings. The SMILES string of the molecule is Cc1[nH]nc2cc(C(O)C(O)CO)ccc12. The van der Waals surface area contributed by atoms with Gasteiger partial charge in [0.25, 0.3) is 0 Å². The fourth-order valence-corrected chi connectivity index (χ4v) is 1.67. The molecule has 4 N–H and O–H groups in total. The van der Waals surface area contributed by atoms with Crippen molar-refractivity contribution in [3.8, 4) is 0 Å². The lowest BCUT2D eigenvalue weighted by molar-refractivity contribution is -0.0152. The van der Waals surface area contributed by atoms with Crippen LogP contribution in [0.15, 0.2) is 18.2 Å². The number of rotatable bonds is 3. The summed E-state index contributed by atoms with van der Waals surface area (Å²) in [6.07, 6.45) is -2.26. The fourth-order valence-electron chi connectivity index (χ4n) is 1.67. The van der Waals surface area contributed by atoms with E-state index in [0.29, 0.717) is 5.56 Å². The molecule has 0 aliphatic carbocycles. The molecule has 86 valence electrons. The summed E-state index contributed by atoms with van der Waals surface area (Å²) in [4.78, 5) is 0. The van der Waals surface area contributed by atoms with Gasteiger partial charge in [-0.3, -0.25) is 5.10 Å². The van der Waals surface area contributed by atoms with E-state index in [9.17, 15) is 10.2 Å². The normalized spacial score (nSPS) is 15.2. The number of hydrogen-bond donors (Lipinski definition) is 4. The van der Waals surface area contributed by atoms with Crippen molar-refractivity contribution in [2.24, 2.45) is 0 Å². The first kappa shape index (κ1) is 11.1. The molecule has 2 rings (SSSR count). The van der Waals surface area contributed by atoms with Crippen LogP contribution in [0.1, 0.15) is 17.4 Å². The zero-order valence-corrected chi connectivity index (χ0v) is 8.88. The van der Waals surface area contributed by atoms with Crippen molar-refractivity contribution in [3.63, 3.8) is 0 Å². The third-order valence-corrected chi connectivity index (χ3v) is 2.66. The molecule has 0 saturated heterocycles. The van der Waals surface area contributed by atoms with Crippen LogP contribution in [0.2, 0.25) is 0 Å². The van der Waals surface area contributed by atoms with Gasteiger partial charge in [-0.05, 0) is 18.6 Å². The molecule has 5 nitrogen and oxygen atoms in total. The number of benzene rings is 1. The van der Waals surface area contributed by atoms with Gasteiger partial charge in [-0.25, -0.2) is 0 Å². The molecule has 0 aliphatic heterocycles. The molecule has 0 spiro atoms. The number of nitrogens with one attached hydrogen (secondary N) is 1. The van der Waals surface area contributed by atoms with E-state index in [1.165, 1.54) is 0 Å². The second-order valence-corrected chi connectivity index (χ2v) is 3.82. The topological polar surface area (TPSA) is 89.4 Å². The van der Waals surface area contributed by atoms with Gasteiger partial charge in [-0.15, -0.1) is 0 Å². The molecule has 1 aromatic carbocycles. The maximum atomic E-state index is 9.71. The summed E-state index contributed by atoms with van der Waals surface area (Å²) in [5.41, 5.74) is 2.23. The zero-order chi connectivity index (χ0) is 11.7. The standard InChI is InChI=1S/C11H14N2O3/c1-6-8-3-2-7(4-9(8)13-12-6)11(16)10(15)5-14/h2-4,10-11,14-16H,5H2,1H3,(H,12,13). The lowest BCUT2D eigenvalue weighted by atomic mass is 10.0. The number of hydrogen-bond acceptors (Lipinski definition) is 4. The zero-order valence-electron chi connectivity index (χ0n) is 8.88. The predicted octanol–water partition coefficient (Wildman–Crippen LogP) is 0.258. The van der Waals surface area contributed by atoms with Gasteiger partial charge >= 0.3 is 0 Å². The first-order chi connectivity index (χ1) is 7.63. The molecular formula is C11H14N2O3. The molecule has 5 heteroatoms. The highest BCUT2D eigenvalue weighted by Crippen LogP contribution is 2.22. The fraction of sp³-hybridized carbons (Fsp3) is 0.364. The highest BCUT2D eigenvalue weighted by molar-refractivity contribution is 5.81. The summed E-state index contributed by atoms with van der Waals surface area (Å²) in [6.45, 7) is 1.44. The molecule has 16 heavy (non-hydrogen) atoms. The van der Waals surface area contributed by atoms with Crippen LogP contribution in [-0.2, 0) is 0 Å². The largest absolute Gasteiger partial charge is 0.394 e. The molecule has 0 fully saturated rings. The Hall–Kier alpha value is -1.43. The first-order valence-corrected chi connectivity index (χ1v) is 5.05. The highest BCUT2D eigenvalue weighted by Gasteiger charge is 2.18. The lowest BCUT2D eigenvalue weighted by Gasteiger charge is -2.15. The Kier molecular flexibility index (Phi) is 2.91. The lowest BCUT2D eigenvalue weighted by Crippen LogP contribution is -2.21. The number of aliphatic hydroxyl groups excluding tert-OH is 3. The molecule has 0 saturated carbocycles. The van der Waals surface area contributed by atoms with Crippen molar-refractivity contribution in [3.05, 3.63) is 29.5 Å². The molecule has 2 aromatic rings. The van der Waals surface area contributed by atoms with Crippen LogP contribution in [0.4, 0.5) is 0 Å². The second kappa shape index (κ2) is 4.21. The minimum atomic E-state index is -1.17. The summed E-state index contributed by atoms with van der Waals surface area (Å²) < 4.78 is 0. The molecule has 0 bridgehead atoms. The van der Waals surface area contributed by atoms with Crippen molar-refractivity contribution in [1.82, 2.24) is 10.2 Å². The van der Waals surface area contributed by atoms with Crippen LogP contribution in [0, 0.1) is 6.92 Å². The van der Waals surface area contributed by atoms with E-state index < -0.39 is 18.8 Å². The van der Waals surface area contributed by atoms with E-state index in [0.717, 1.165) is 16.6 Å². The molecule has 0 amide bonds. The molecule has 2 atom stereocenters. The Balaban J connectivity index is 2.39. The van der Waals surface area contributed by atoms with Crippen LogP contribution in [0.3, 0.4) is 0 Å². The van der Waals surface area contributed by atoms with E-state index in [-0.39, 0.29) is 0 Å². The van der Waals surface area contributed by atoms with Gasteiger partial charge in [-0.2, -0.15) is 5.10 Å². The first-order valence-electron chi connectivity index (χ1n) is 5.05. The summed E-state index contributed by atoms with van der Waals surface area (Å²) in [6, 6.07) is 5.24. The number of aromatic amines is 1. The van der Waals surface area contributed by atoms with Crippen LogP contribution < -0.4 is 0 Å². The van der Waals surface area contributed by atoms with Crippen molar-refractivity contribution < 1.29 is 15.3 Å². The average Bonchev–Trinajstić information content (AvgIpc) is 2.68. The Morgan fingerprint density at radius 2 is 2.12 bits per heavy atom. The Bertz CT molecular complexity index is 495. The van der Waals surface area contributed by atoms with Gasteiger partial charge in [0.1, 0.15) is 12.2 Å². The van der Waals surface area contributed by atoms with Crippen molar-refractivity contribution in [2.75, 3.05) is 6.61 Å². The molecule has 2 unspecified atom stereocenters. The van der Waals surface area contributed by atoms with Gasteiger partial charge in [0.15, 0.2) is 0 Å². The Morgan fingerprint density at radius 3 is 2.81 bits per heavy atom. The molecule has 1 heterocycles. The summed E-state index contributed by atoms with van der Waals surface area (Å²) in [5, 5.41) is 35.7. The predicted molar refractivity (Wildman–Crippen MR) is 58.9 cm³/mol. The van der Waals surface area contributed by atoms with Crippen LogP contribution in [-0.4, -0.2) is 38.2 Å². The van der Waals surface area contributed by atoms with Crippen LogP contribution >= 0.6 is 0 Å². The van der Waals surface area contributed by atoms with E-state index in [4.69, 9.17) is 5.11 Å². The monoisotopic (exact) mass is 222 g/mol. The van der Waals surface area contributed by atoms with Crippen LogP contribution in [0.5, 0.6) is 0 Å². The van der Waals surface area contributed by atoms with Gasteiger partial charge < -0.3 is 15.3 Å². The second-order valence-electron chi connectivity index (χ2n) is 3.82. The van der Waals surface area contributed by atoms with Crippen molar-refractivity contribution in [2.45, 2.75) is 19.1 Å². The maximum absolute atomic E-state index is 9.71.